The third-order valence-corrected chi connectivity index (χ3v) is 1.58. The van der Waals surface area contributed by atoms with E-state index in [2.05, 4.69) is 25.5 Å². The fraction of sp³-hybridized carbons (Fsp3) is 0.714. The summed E-state index contributed by atoms with van der Waals surface area (Å²) in [4.78, 5) is 0. The monoisotopic (exact) mass is 130 g/mol. The second kappa shape index (κ2) is 7.17. The highest BCUT2D eigenvalue weighted by molar-refractivity contribution is 7.40. The molecule has 0 aliphatic heterocycles. The Hall–Kier alpha value is 0.170. The lowest BCUT2D eigenvalue weighted by Gasteiger charge is -1.85. The highest BCUT2D eigenvalue weighted by atomic mass is 31.1. The minimum absolute atomic E-state index is 0.988. The number of unbranched alkanes of at least 4 members (excludes halogenated alkanes) is 2. The van der Waals surface area contributed by atoms with E-state index >= 15 is 0 Å². The van der Waals surface area contributed by atoms with Gasteiger partial charge in [0, 0.05) is 0 Å². The molecule has 0 N–H and O–H groups in total. The van der Waals surface area contributed by atoms with Gasteiger partial charge in [-0.1, -0.05) is 31.7 Å². The van der Waals surface area contributed by atoms with Crippen molar-refractivity contribution in [3.63, 3.8) is 0 Å². The minimum Gasteiger partial charge on any atom is -0.102 e. The van der Waals surface area contributed by atoms with Crippen LogP contribution in [0.3, 0.4) is 0 Å². The van der Waals surface area contributed by atoms with Crippen LogP contribution in [0.15, 0.2) is 11.9 Å². The first kappa shape index (κ1) is 8.17. The van der Waals surface area contributed by atoms with E-state index in [-0.39, 0.29) is 0 Å². The Morgan fingerprint density at radius 2 is 2.25 bits per heavy atom. The molecule has 0 aromatic heterocycles. The van der Waals surface area contributed by atoms with Crippen LogP contribution in [0.5, 0.6) is 0 Å². The van der Waals surface area contributed by atoms with Crippen LogP contribution in [0.4, 0.5) is 0 Å². The molecule has 0 aliphatic carbocycles. The van der Waals surface area contributed by atoms with E-state index in [1.165, 1.54) is 19.3 Å². The molecule has 1 atom stereocenters. The standard InChI is InChI=1S/C7H15P/c1-3-4-5-6-7-8-2/h6-8H,3-5H2,1-2H3/b7-6+. The largest absolute Gasteiger partial charge is 0.102 e. The Morgan fingerprint density at radius 1 is 1.50 bits per heavy atom. The fourth-order valence-corrected chi connectivity index (χ4v) is 0.926. The summed E-state index contributed by atoms with van der Waals surface area (Å²) in [5.41, 5.74) is 0. The maximum absolute atomic E-state index is 2.28. The van der Waals surface area contributed by atoms with Gasteiger partial charge in [0.05, 0.1) is 0 Å². The molecule has 1 heteroatoms. The highest BCUT2D eigenvalue weighted by Crippen LogP contribution is 2.05. The normalized spacial score (nSPS) is 12.2. The Labute approximate surface area is 54.2 Å². The van der Waals surface area contributed by atoms with Crippen LogP contribution >= 0.6 is 8.58 Å². The Morgan fingerprint density at radius 3 is 2.75 bits per heavy atom. The summed E-state index contributed by atoms with van der Waals surface area (Å²) in [5.74, 6) is 2.26. The molecule has 0 bridgehead atoms. The summed E-state index contributed by atoms with van der Waals surface area (Å²) in [6, 6.07) is 0. The van der Waals surface area contributed by atoms with Gasteiger partial charge in [-0.25, -0.2) is 0 Å². The SMILES string of the molecule is CCCC/C=C/PC. The van der Waals surface area contributed by atoms with E-state index in [9.17, 15) is 0 Å². The van der Waals surface area contributed by atoms with Gasteiger partial charge in [0.15, 0.2) is 0 Å². The first-order chi connectivity index (χ1) is 3.91. The lowest BCUT2D eigenvalue weighted by Crippen LogP contribution is -1.63. The van der Waals surface area contributed by atoms with Gasteiger partial charge in [0.25, 0.3) is 0 Å². The van der Waals surface area contributed by atoms with Crippen molar-refractivity contribution in [2.45, 2.75) is 26.2 Å². The molecule has 0 saturated heterocycles. The molecule has 0 amide bonds. The van der Waals surface area contributed by atoms with Crippen LogP contribution in [-0.4, -0.2) is 6.66 Å². The molecule has 0 rings (SSSR count). The number of allylic oxidation sites excluding steroid dienone is 1. The summed E-state index contributed by atoms with van der Waals surface area (Å²) in [5, 5.41) is 0. The van der Waals surface area contributed by atoms with Crippen LogP contribution < -0.4 is 0 Å². The van der Waals surface area contributed by atoms with Gasteiger partial charge in [-0.3, -0.25) is 0 Å². The van der Waals surface area contributed by atoms with Crippen LogP contribution in [0, 0.1) is 0 Å². The molecule has 0 radical (unpaired) electrons. The molecule has 0 nitrogen and oxygen atoms in total. The van der Waals surface area contributed by atoms with Crippen molar-refractivity contribution in [3.8, 4) is 0 Å². The maximum Gasteiger partial charge on any atom is -0.0347 e. The zero-order chi connectivity index (χ0) is 6.24. The minimum atomic E-state index is 0.988. The first-order valence-electron chi connectivity index (χ1n) is 3.24. The molecular weight excluding hydrogens is 115 g/mol. The van der Waals surface area contributed by atoms with E-state index < -0.39 is 0 Å². The molecule has 0 heterocycles. The zero-order valence-corrected chi connectivity index (χ0v) is 6.78. The van der Waals surface area contributed by atoms with Crippen molar-refractivity contribution in [1.29, 1.82) is 0 Å². The van der Waals surface area contributed by atoms with E-state index in [0.29, 0.717) is 0 Å². The summed E-state index contributed by atoms with van der Waals surface area (Å²) in [6.07, 6.45) is 6.22. The Bertz CT molecular complexity index is 57.4. The Kier molecular flexibility index (Phi) is 7.32. The van der Waals surface area contributed by atoms with Crippen molar-refractivity contribution in [3.05, 3.63) is 11.9 Å². The first-order valence-corrected chi connectivity index (χ1v) is 4.81. The zero-order valence-electron chi connectivity index (χ0n) is 5.78. The second-order valence-electron chi connectivity index (χ2n) is 1.83. The maximum atomic E-state index is 2.28. The molecule has 1 unspecified atom stereocenters. The van der Waals surface area contributed by atoms with E-state index in [1.807, 2.05) is 0 Å². The van der Waals surface area contributed by atoms with Crippen molar-refractivity contribution < 1.29 is 0 Å². The van der Waals surface area contributed by atoms with Crippen molar-refractivity contribution >= 4 is 8.58 Å². The molecule has 0 spiro atoms. The van der Waals surface area contributed by atoms with Gasteiger partial charge < -0.3 is 0 Å². The Balaban J connectivity index is 2.80. The molecule has 8 heavy (non-hydrogen) atoms. The summed E-state index contributed by atoms with van der Waals surface area (Å²) in [7, 11) is 0.988. The van der Waals surface area contributed by atoms with Crippen LogP contribution in [0.2, 0.25) is 0 Å². The molecule has 48 valence electrons. The van der Waals surface area contributed by atoms with Gasteiger partial charge in [0.2, 0.25) is 0 Å². The predicted octanol–water partition coefficient (Wildman–Crippen LogP) is 3.00. The molecular formula is C7H15P. The lowest BCUT2D eigenvalue weighted by atomic mass is 10.2. The van der Waals surface area contributed by atoms with Crippen molar-refractivity contribution in [1.82, 2.24) is 0 Å². The van der Waals surface area contributed by atoms with E-state index in [0.717, 1.165) is 8.58 Å². The number of hydrogen-bond donors (Lipinski definition) is 0. The third-order valence-electron chi connectivity index (χ3n) is 1.01. The van der Waals surface area contributed by atoms with Gasteiger partial charge in [-0.05, 0) is 13.1 Å². The van der Waals surface area contributed by atoms with E-state index in [4.69, 9.17) is 0 Å². The smallest absolute Gasteiger partial charge is 0.0347 e. The summed E-state index contributed by atoms with van der Waals surface area (Å²) < 4.78 is 0. The van der Waals surface area contributed by atoms with Gasteiger partial charge in [0.1, 0.15) is 0 Å². The van der Waals surface area contributed by atoms with Gasteiger partial charge in [-0.15, -0.1) is 8.58 Å². The average molecular weight is 130 g/mol. The van der Waals surface area contributed by atoms with E-state index in [1.54, 1.807) is 0 Å². The predicted molar refractivity (Wildman–Crippen MR) is 42.9 cm³/mol. The lowest BCUT2D eigenvalue weighted by molar-refractivity contribution is 0.815. The molecule has 0 aliphatic rings. The number of rotatable bonds is 4. The quantitative estimate of drug-likeness (QED) is 0.405. The molecule has 0 aromatic carbocycles. The summed E-state index contributed by atoms with van der Waals surface area (Å²) in [6.45, 7) is 4.42. The molecule has 0 aromatic rings. The van der Waals surface area contributed by atoms with Crippen molar-refractivity contribution in [2.24, 2.45) is 0 Å². The van der Waals surface area contributed by atoms with Gasteiger partial charge in [-0.2, -0.15) is 0 Å². The molecule has 0 saturated carbocycles. The number of hydrogen-bond acceptors (Lipinski definition) is 0. The third kappa shape index (κ3) is 6.17. The van der Waals surface area contributed by atoms with Crippen molar-refractivity contribution in [2.75, 3.05) is 6.66 Å². The van der Waals surface area contributed by atoms with Crippen LogP contribution in [-0.2, 0) is 0 Å². The average Bonchev–Trinajstić information content (AvgIpc) is 1.81. The van der Waals surface area contributed by atoms with Gasteiger partial charge >= 0.3 is 0 Å². The van der Waals surface area contributed by atoms with Crippen LogP contribution in [0.25, 0.3) is 0 Å². The topological polar surface area (TPSA) is 0 Å². The highest BCUT2D eigenvalue weighted by Gasteiger charge is 1.74. The summed E-state index contributed by atoms with van der Waals surface area (Å²) >= 11 is 0. The molecule has 0 fully saturated rings. The van der Waals surface area contributed by atoms with Crippen LogP contribution in [0.1, 0.15) is 26.2 Å². The fourth-order valence-electron chi connectivity index (χ4n) is 0.523. The second-order valence-corrected chi connectivity index (χ2v) is 2.74.